The quantitative estimate of drug-likeness (QED) is 0.253. The van der Waals surface area contributed by atoms with Crippen molar-refractivity contribution in [3.63, 3.8) is 0 Å². The minimum Gasteiger partial charge on any atom is -0.357 e. The molecule has 35 heavy (non-hydrogen) atoms. The number of hydrogen-bond donors (Lipinski definition) is 0. The molecule has 3 aromatic carbocycles. The Balaban J connectivity index is 1.82. The predicted octanol–water partition coefficient (Wildman–Crippen LogP) is 8.19. The standard InChI is InChI=1S/C26H25Cl2N3O4/c1-26(2,3)18-6-8-19(9-7-18)29-22(16-4-10-20(27)24(14-16)30(32)33)12-13-23(29)17-5-11-21(28)25(15-17)31(34)35/h4-11,14-15,22-23H,12-13H2,1-3H3/t22-,23-/m1/s1. The smallest absolute Gasteiger partial charge is 0.288 e. The number of nitrogens with zero attached hydrogens (tertiary/aromatic N) is 3. The molecule has 1 heterocycles. The van der Waals surface area contributed by atoms with Crippen molar-refractivity contribution in [2.45, 2.75) is 51.1 Å². The third kappa shape index (κ3) is 4.97. The van der Waals surface area contributed by atoms with Gasteiger partial charge in [0, 0.05) is 17.8 Å². The number of anilines is 1. The first-order chi connectivity index (χ1) is 16.5. The van der Waals surface area contributed by atoms with E-state index >= 15 is 0 Å². The van der Waals surface area contributed by atoms with Gasteiger partial charge in [0.1, 0.15) is 10.0 Å². The number of hydrogen-bond acceptors (Lipinski definition) is 5. The van der Waals surface area contributed by atoms with Crippen LogP contribution in [0.4, 0.5) is 17.1 Å². The molecule has 0 aliphatic carbocycles. The molecular formula is C26H25Cl2N3O4. The van der Waals surface area contributed by atoms with Crippen molar-refractivity contribution in [3.05, 3.63) is 108 Å². The zero-order valence-corrected chi connectivity index (χ0v) is 21.1. The second-order valence-electron chi connectivity index (χ2n) is 9.75. The Kier molecular flexibility index (Phi) is 6.75. The number of nitro groups is 2. The molecule has 9 heteroatoms. The summed E-state index contributed by atoms with van der Waals surface area (Å²) in [6.07, 6.45) is 1.42. The van der Waals surface area contributed by atoms with Gasteiger partial charge in [-0.25, -0.2) is 0 Å². The highest BCUT2D eigenvalue weighted by Crippen LogP contribution is 2.48. The van der Waals surface area contributed by atoms with Gasteiger partial charge in [0.25, 0.3) is 11.4 Å². The predicted molar refractivity (Wildman–Crippen MR) is 139 cm³/mol. The second-order valence-corrected chi connectivity index (χ2v) is 10.6. The highest BCUT2D eigenvalue weighted by molar-refractivity contribution is 6.33. The molecule has 2 atom stereocenters. The van der Waals surface area contributed by atoms with E-state index in [0.29, 0.717) is 12.8 Å². The summed E-state index contributed by atoms with van der Waals surface area (Å²) in [5, 5.41) is 23.2. The summed E-state index contributed by atoms with van der Waals surface area (Å²) in [5.74, 6) is 0. The summed E-state index contributed by atoms with van der Waals surface area (Å²) >= 11 is 12.1. The largest absolute Gasteiger partial charge is 0.357 e. The Labute approximate surface area is 213 Å². The van der Waals surface area contributed by atoms with E-state index in [1.165, 1.54) is 17.7 Å². The minimum atomic E-state index is -0.483. The molecule has 0 bridgehead atoms. The Morgan fingerprint density at radius 1 is 0.771 bits per heavy atom. The summed E-state index contributed by atoms with van der Waals surface area (Å²) < 4.78 is 0. The van der Waals surface area contributed by atoms with Crippen LogP contribution in [0.3, 0.4) is 0 Å². The van der Waals surface area contributed by atoms with Crippen molar-refractivity contribution >= 4 is 40.3 Å². The molecule has 1 aliphatic heterocycles. The Morgan fingerprint density at radius 3 is 1.57 bits per heavy atom. The molecule has 3 aromatic rings. The highest BCUT2D eigenvalue weighted by Gasteiger charge is 2.37. The van der Waals surface area contributed by atoms with Gasteiger partial charge in [-0.1, -0.05) is 68.2 Å². The molecular weight excluding hydrogens is 489 g/mol. The first-order valence-corrected chi connectivity index (χ1v) is 12.0. The summed E-state index contributed by atoms with van der Waals surface area (Å²) in [6, 6.07) is 17.7. The second kappa shape index (κ2) is 9.47. The van der Waals surface area contributed by atoms with Gasteiger partial charge in [0.15, 0.2) is 0 Å². The molecule has 0 amide bonds. The monoisotopic (exact) mass is 513 g/mol. The van der Waals surface area contributed by atoms with E-state index in [4.69, 9.17) is 23.2 Å². The van der Waals surface area contributed by atoms with Gasteiger partial charge < -0.3 is 4.90 Å². The van der Waals surface area contributed by atoms with E-state index < -0.39 is 9.85 Å². The van der Waals surface area contributed by atoms with Crippen LogP contribution >= 0.6 is 23.2 Å². The summed E-state index contributed by atoms with van der Waals surface area (Å²) in [6.45, 7) is 6.43. The van der Waals surface area contributed by atoms with Crippen LogP contribution in [0.5, 0.6) is 0 Å². The number of nitro benzene ring substituents is 2. The minimum absolute atomic E-state index is 0.0179. The Bertz CT molecular complexity index is 1220. The molecule has 7 nitrogen and oxygen atoms in total. The van der Waals surface area contributed by atoms with Crippen LogP contribution in [0, 0.1) is 20.2 Å². The molecule has 1 fully saturated rings. The van der Waals surface area contributed by atoms with Gasteiger partial charge in [0.05, 0.1) is 21.9 Å². The van der Waals surface area contributed by atoms with Gasteiger partial charge in [-0.05, 0) is 59.2 Å². The van der Waals surface area contributed by atoms with E-state index in [1.54, 1.807) is 12.1 Å². The summed E-state index contributed by atoms with van der Waals surface area (Å²) in [7, 11) is 0. The molecule has 0 radical (unpaired) electrons. The molecule has 182 valence electrons. The summed E-state index contributed by atoms with van der Waals surface area (Å²) in [4.78, 5) is 24.3. The summed E-state index contributed by atoms with van der Waals surface area (Å²) in [5.41, 5.74) is 3.35. The maximum Gasteiger partial charge on any atom is 0.288 e. The lowest BCUT2D eigenvalue weighted by Gasteiger charge is -2.34. The Hall–Kier alpha value is -3.16. The first kappa shape index (κ1) is 24.9. The average Bonchev–Trinajstić information content (AvgIpc) is 3.24. The van der Waals surface area contributed by atoms with Crippen LogP contribution in [0.2, 0.25) is 10.0 Å². The van der Waals surface area contributed by atoms with Crippen molar-refractivity contribution < 1.29 is 9.85 Å². The number of halogens is 2. The molecule has 4 rings (SSSR count). The lowest BCUT2D eigenvalue weighted by molar-refractivity contribution is -0.384. The van der Waals surface area contributed by atoms with Gasteiger partial charge in [-0.15, -0.1) is 0 Å². The van der Waals surface area contributed by atoms with E-state index in [9.17, 15) is 20.2 Å². The Morgan fingerprint density at radius 2 is 1.20 bits per heavy atom. The highest BCUT2D eigenvalue weighted by atomic mass is 35.5. The van der Waals surface area contributed by atoms with Gasteiger partial charge in [-0.3, -0.25) is 20.2 Å². The fraction of sp³-hybridized carbons (Fsp3) is 0.308. The molecule has 1 saturated heterocycles. The third-order valence-corrected chi connectivity index (χ3v) is 7.16. The fourth-order valence-electron chi connectivity index (χ4n) is 4.71. The van der Waals surface area contributed by atoms with Gasteiger partial charge in [0.2, 0.25) is 0 Å². The van der Waals surface area contributed by atoms with E-state index in [0.717, 1.165) is 16.8 Å². The zero-order chi connectivity index (χ0) is 25.5. The lowest BCUT2D eigenvalue weighted by Crippen LogP contribution is -2.26. The molecule has 0 aromatic heterocycles. The van der Waals surface area contributed by atoms with Crippen molar-refractivity contribution in [2.24, 2.45) is 0 Å². The molecule has 0 unspecified atom stereocenters. The van der Waals surface area contributed by atoms with Crippen molar-refractivity contribution in [2.75, 3.05) is 4.90 Å². The van der Waals surface area contributed by atoms with Crippen LogP contribution in [0.1, 0.15) is 62.4 Å². The van der Waals surface area contributed by atoms with Crippen LogP contribution in [-0.2, 0) is 5.41 Å². The normalized spacial score (nSPS) is 18.0. The van der Waals surface area contributed by atoms with Crippen LogP contribution in [0.15, 0.2) is 60.7 Å². The topological polar surface area (TPSA) is 89.5 Å². The number of rotatable bonds is 5. The maximum absolute atomic E-state index is 11.5. The van der Waals surface area contributed by atoms with Crippen molar-refractivity contribution in [1.29, 1.82) is 0 Å². The molecule has 0 saturated carbocycles. The van der Waals surface area contributed by atoms with Crippen LogP contribution < -0.4 is 4.90 Å². The van der Waals surface area contributed by atoms with Gasteiger partial charge >= 0.3 is 0 Å². The first-order valence-electron chi connectivity index (χ1n) is 11.2. The van der Waals surface area contributed by atoms with Crippen LogP contribution in [-0.4, -0.2) is 9.85 Å². The van der Waals surface area contributed by atoms with E-state index in [1.807, 2.05) is 24.3 Å². The van der Waals surface area contributed by atoms with Crippen LogP contribution in [0.25, 0.3) is 0 Å². The van der Waals surface area contributed by atoms with Crippen molar-refractivity contribution in [1.82, 2.24) is 0 Å². The molecule has 0 N–H and O–H groups in total. The number of benzene rings is 3. The van der Waals surface area contributed by atoms with Crippen molar-refractivity contribution in [3.8, 4) is 0 Å². The zero-order valence-electron chi connectivity index (χ0n) is 19.6. The van der Waals surface area contributed by atoms with E-state index in [2.05, 4.69) is 37.8 Å². The molecule has 1 aliphatic rings. The van der Waals surface area contributed by atoms with Gasteiger partial charge in [-0.2, -0.15) is 0 Å². The maximum atomic E-state index is 11.5. The lowest BCUT2D eigenvalue weighted by atomic mass is 9.87. The average molecular weight is 514 g/mol. The molecule has 0 spiro atoms. The van der Waals surface area contributed by atoms with E-state index in [-0.39, 0.29) is 38.9 Å². The fourth-order valence-corrected chi connectivity index (χ4v) is 5.09. The third-order valence-electron chi connectivity index (χ3n) is 6.52. The SMILES string of the molecule is CC(C)(C)c1ccc(N2[C@@H](c3ccc(Cl)c([N+](=O)[O-])c3)CC[C@@H]2c2ccc(Cl)c([N+](=O)[O-])c2)cc1.